The third-order valence-corrected chi connectivity index (χ3v) is 21.7. The summed E-state index contributed by atoms with van der Waals surface area (Å²) in [6.07, 6.45) is 0. The molecule has 0 N–H and O–H groups in total. The summed E-state index contributed by atoms with van der Waals surface area (Å²) in [4.78, 5) is 14.0. The molecule has 0 saturated carbocycles. The Hall–Kier alpha value is -13.9. The summed E-state index contributed by atoms with van der Waals surface area (Å²) in [7, 11) is 6.50. The minimum atomic E-state index is -0.0272. The highest BCUT2D eigenvalue weighted by molar-refractivity contribution is 6.10. The van der Waals surface area contributed by atoms with Crippen LogP contribution >= 0.6 is 0 Å². The summed E-state index contributed by atoms with van der Waals surface area (Å²) in [6, 6.07) is 149. The second-order valence-electron chi connectivity index (χ2n) is 28.6. The molecule has 0 atom stereocenters. The molecule has 18 aromatic rings. The molecule has 18 aromatic carbocycles. The van der Waals surface area contributed by atoms with Gasteiger partial charge in [0.25, 0.3) is 0 Å². The van der Waals surface area contributed by atoms with Crippen molar-refractivity contribution in [2.75, 3.05) is 50.5 Å². The van der Waals surface area contributed by atoms with Crippen LogP contribution in [0.5, 0.6) is 0 Å². The molecular formula is C104H84N6. The van der Waals surface area contributed by atoms with Crippen molar-refractivity contribution in [3.8, 4) is 11.1 Å². The first-order valence-electron chi connectivity index (χ1n) is 37.8. The lowest BCUT2D eigenvalue weighted by Gasteiger charge is -2.29. The lowest BCUT2D eigenvalue weighted by Crippen LogP contribution is -2.17. The van der Waals surface area contributed by atoms with E-state index in [1.165, 1.54) is 110 Å². The third kappa shape index (κ3) is 13.3. The van der Waals surface area contributed by atoms with Gasteiger partial charge in [0.15, 0.2) is 0 Å². The molecule has 19 rings (SSSR count). The minimum absolute atomic E-state index is 0.0272. The van der Waals surface area contributed by atoms with Gasteiger partial charge in [-0.05, 0) is 178 Å². The molecule has 0 aromatic heterocycles. The Morgan fingerprint density at radius 3 is 0.873 bits per heavy atom. The zero-order valence-corrected chi connectivity index (χ0v) is 62.5. The van der Waals surface area contributed by atoms with Crippen LogP contribution in [0.2, 0.25) is 0 Å². The van der Waals surface area contributed by atoms with Gasteiger partial charge in [-0.25, -0.2) is 0 Å². The van der Waals surface area contributed by atoms with Crippen LogP contribution in [0.4, 0.5) is 85.3 Å². The van der Waals surface area contributed by atoms with Crippen molar-refractivity contribution in [1.29, 1.82) is 0 Å². The van der Waals surface area contributed by atoms with Crippen molar-refractivity contribution < 1.29 is 0 Å². The molecule has 0 saturated heterocycles. The molecule has 0 radical (unpaired) electrons. The third-order valence-electron chi connectivity index (χ3n) is 21.7. The van der Waals surface area contributed by atoms with E-state index >= 15 is 0 Å². The zero-order chi connectivity index (χ0) is 74.5. The van der Waals surface area contributed by atoms with E-state index in [1.807, 2.05) is 0 Å². The fourth-order valence-electron chi connectivity index (χ4n) is 16.2. The second kappa shape index (κ2) is 30.5. The van der Waals surface area contributed by atoms with Gasteiger partial charge in [-0.2, -0.15) is 0 Å². The first kappa shape index (κ1) is 69.1. The second-order valence-corrected chi connectivity index (χ2v) is 28.6. The van der Waals surface area contributed by atoms with E-state index in [2.05, 4.69) is 483 Å². The van der Waals surface area contributed by atoms with Crippen LogP contribution in [0, 0.1) is 0 Å². The minimum Gasteiger partial charge on any atom is -0.344 e. The number of rotatable bonds is 15. The summed E-state index contributed by atoms with van der Waals surface area (Å²) in [6.45, 7) is 4.68. The topological polar surface area (TPSA) is 19.4 Å². The number of hydrogen-bond donors (Lipinski definition) is 0. The summed E-state index contributed by atoms with van der Waals surface area (Å²) >= 11 is 0. The van der Waals surface area contributed by atoms with Gasteiger partial charge in [-0.15, -0.1) is 0 Å². The first-order chi connectivity index (χ1) is 54.1. The number of nitrogens with zero attached hydrogens (tertiary/aromatic N) is 6. The normalized spacial score (nSPS) is 11.8. The van der Waals surface area contributed by atoms with Crippen LogP contribution < -0.4 is 29.4 Å². The molecule has 0 bridgehead atoms. The number of hydrogen-bond acceptors (Lipinski definition) is 6. The van der Waals surface area contributed by atoms with Gasteiger partial charge in [-0.1, -0.05) is 293 Å². The number of anilines is 15. The lowest BCUT2D eigenvalue weighted by molar-refractivity contribution is 0.660. The highest BCUT2D eigenvalue weighted by Crippen LogP contribution is 2.52. The average molecular weight is 1420 g/mol. The molecule has 0 spiro atoms. The van der Waals surface area contributed by atoms with E-state index in [4.69, 9.17) is 0 Å². The average Bonchev–Trinajstić information content (AvgIpc) is 1.45. The van der Waals surface area contributed by atoms with Crippen molar-refractivity contribution in [2.24, 2.45) is 0 Å². The van der Waals surface area contributed by atoms with Gasteiger partial charge >= 0.3 is 0 Å². The van der Waals surface area contributed by atoms with E-state index in [1.54, 1.807) is 0 Å². The first-order valence-corrected chi connectivity index (χ1v) is 37.8. The Balaban J connectivity index is 0.000000121. The highest BCUT2D eigenvalue weighted by atomic mass is 15.2. The molecule has 1 aliphatic carbocycles. The molecule has 530 valence electrons. The van der Waals surface area contributed by atoms with E-state index in [0.29, 0.717) is 0 Å². The molecule has 0 fully saturated rings. The van der Waals surface area contributed by atoms with Crippen molar-refractivity contribution in [2.45, 2.75) is 19.3 Å². The van der Waals surface area contributed by atoms with Gasteiger partial charge in [0.05, 0.1) is 17.1 Å². The van der Waals surface area contributed by atoms with E-state index in [9.17, 15) is 0 Å². The Kier molecular flexibility index (Phi) is 19.2. The molecular weight excluding hydrogens is 1330 g/mol. The van der Waals surface area contributed by atoms with E-state index < -0.39 is 0 Å². The van der Waals surface area contributed by atoms with Crippen molar-refractivity contribution in [3.63, 3.8) is 0 Å². The number of fused-ring (bicyclic) bond motifs is 8. The van der Waals surface area contributed by atoms with Crippen LogP contribution in [0.3, 0.4) is 0 Å². The van der Waals surface area contributed by atoms with Crippen molar-refractivity contribution in [1.82, 2.24) is 0 Å². The molecule has 110 heavy (non-hydrogen) atoms. The predicted molar refractivity (Wildman–Crippen MR) is 472 cm³/mol. The summed E-state index contributed by atoms with van der Waals surface area (Å²) in [5.74, 6) is 0. The Morgan fingerprint density at radius 2 is 0.455 bits per heavy atom. The molecule has 0 heterocycles. The van der Waals surface area contributed by atoms with Gasteiger partial charge in [-0.3, -0.25) is 0 Å². The smallest absolute Gasteiger partial charge is 0.0541 e. The monoisotopic (exact) mass is 1420 g/mol. The Morgan fingerprint density at radius 1 is 0.173 bits per heavy atom. The van der Waals surface area contributed by atoms with E-state index in [0.717, 1.165) is 51.2 Å². The fourth-order valence-corrected chi connectivity index (χ4v) is 16.2. The standard InChI is InChI=1S/C38H32N2.2C33H26N2/c1-38(2)34-21-13-12-18-30(34)31-23-22-29(26-35(31)38)39(3)36-24-25-37(33-20-11-10-19-32(33)36)40(27-14-6-4-7-15-27)28-16-8-5-9-17-28;1-34(31-22-12-14-25-13-8-9-19-28(25)31)32-23-24-33(30-21-11-10-20-29(30)32)35(26-15-4-2-5-16-26)27-17-6-3-7-18-27;1-34(29-21-20-25-12-8-9-13-26(25)24-29)32-22-23-33(31-19-11-10-18-30(31)32)35(27-14-4-2-5-15-27)28-16-6-3-7-17-28/h4-26H,1-3H3;2*2-24H,1H3. The van der Waals surface area contributed by atoms with Crippen molar-refractivity contribution in [3.05, 3.63) is 430 Å². The Bertz CT molecular complexity index is 6140. The van der Waals surface area contributed by atoms with Crippen LogP contribution in [-0.4, -0.2) is 21.1 Å². The van der Waals surface area contributed by atoms with Crippen molar-refractivity contribution >= 4 is 139 Å². The fraction of sp³-hybridized carbons (Fsp3) is 0.0577. The van der Waals surface area contributed by atoms with E-state index in [-0.39, 0.29) is 5.41 Å². The highest BCUT2D eigenvalue weighted by Gasteiger charge is 2.36. The van der Waals surface area contributed by atoms with Gasteiger partial charge in [0.2, 0.25) is 0 Å². The molecule has 6 heteroatoms. The molecule has 1 aliphatic rings. The van der Waals surface area contributed by atoms with Gasteiger partial charge in [0, 0.05) is 133 Å². The lowest BCUT2D eigenvalue weighted by atomic mass is 9.82. The predicted octanol–water partition coefficient (Wildman–Crippen LogP) is 28.8. The van der Waals surface area contributed by atoms with Crippen LogP contribution in [0.15, 0.2) is 419 Å². The van der Waals surface area contributed by atoms with Crippen LogP contribution in [0.1, 0.15) is 25.0 Å². The van der Waals surface area contributed by atoms with Gasteiger partial charge < -0.3 is 29.4 Å². The SMILES string of the molecule is CN(c1ccc2c(c1)C(C)(C)c1ccccc1-2)c1ccc(N(c2ccccc2)c2ccccc2)c2ccccc12.CN(c1ccc2ccccc2c1)c1ccc(N(c2ccccc2)c2ccccc2)c2ccccc12.CN(c1cccc2ccccc12)c1ccc(N(c2ccccc2)c2ccccc2)c2ccccc12. The maximum absolute atomic E-state index is 2.39. The molecule has 6 nitrogen and oxygen atoms in total. The zero-order valence-electron chi connectivity index (χ0n) is 62.5. The maximum Gasteiger partial charge on any atom is 0.0541 e. The maximum atomic E-state index is 2.39. The molecule has 0 aliphatic heterocycles. The Labute approximate surface area is 645 Å². The number of benzene rings is 18. The summed E-state index contributed by atoms with van der Waals surface area (Å²) < 4.78 is 0. The van der Waals surface area contributed by atoms with Gasteiger partial charge in [0.1, 0.15) is 0 Å². The quantitative estimate of drug-likeness (QED) is 0.101. The molecule has 0 amide bonds. The van der Waals surface area contributed by atoms with Crippen LogP contribution in [0.25, 0.3) is 65.0 Å². The summed E-state index contributed by atoms with van der Waals surface area (Å²) in [5, 5.41) is 12.3. The summed E-state index contributed by atoms with van der Waals surface area (Å²) in [5.41, 5.74) is 22.9. The number of para-hydroxylation sites is 6. The largest absolute Gasteiger partial charge is 0.344 e. The molecule has 0 unspecified atom stereocenters. The van der Waals surface area contributed by atoms with Crippen LogP contribution in [-0.2, 0) is 5.41 Å².